The minimum absolute atomic E-state index is 0.0218. The number of nitrogens with one attached hydrogen (secondary N) is 1. The van der Waals surface area contributed by atoms with Crippen LogP contribution < -0.4 is 5.32 Å². The van der Waals surface area contributed by atoms with Crippen LogP contribution in [0.25, 0.3) is 0 Å². The van der Waals surface area contributed by atoms with Crippen LogP contribution in [0.3, 0.4) is 0 Å². The number of amides is 1. The van der Waals surface area contributed by atoms with Crippen LogP contribution in [0.5, 0.6) is 0 Å². The summed E-state index contributed by atoms with van der Waals surface area (Å²) in [4.78, 5) is 12.5. The van der Waals surface area contributed by atoms with Crippen molar-refractivity contribution in [3.63, 3.8) is 0 Å². The molecule has 15 nitrogen and oxygen atoms in total. The second-order valence-electron chi connectivity index (χ2n) is 19.0. The Labute approximate surface area is 391 Å². The maximum Gasteiger partial charge on any atom is 0.475 e. The van der Waals surface area contributed by atoms with Gasteiger partial charge in [0.2, 0.25) is 11.6 Å². The Bertz CT molecular complexity index is 1930. The van der Waals surface area contributed by atoms with Gasteiger partial charge >= 0.3 is 13.9 Å². The van der Waals surface area contributed by atoms with Crippen LogP contribution in [0.1, 0.15) is 84.9 Å². The van der Waals surface area contributed by atoms with Gasteiger partial charge in [-0.2, -0.15) is 0 Å². The van der Waals surface area contributed by atoms with E-state index in [2.05, 4.69) is 46.9 Å². The number of alkyl carbamates (subject to hydrolysis) is 1. The molecule has 3 fully saturated rings. The highest BCUT2D eigenvalue weighted by molar-refractivity contribution is 7.48. The molecule has 16 heteroatoms. The molecule has 366 valence electrons. The third-order valence-electron chi connectivity index (χ3n) is 13.0. The van der Waals surface area contributed by atoms with Gasteiger partial charge in [-0.05, 0) is 60.6 Å². The molecule has 0 spiro atoms. The van der Waals surface area contributed by atoms with Crippen LogP contribution in [0.4, 0.5) is 4.79 Å². The molecule has 0 aromatic heterocycles. The van der Waals surface area contributed by atoms with Gasteiger partial charge in [0.15, 0.2) is 12.6 Å². The predicted molar refractivity (Wildman–Crippen MR) is 246 cm³/mol. The number of hydrogen-bond donors (Lipinski definition) is 1. The van der Waals surface area contributed by atoms with E-state index in [1.54, 1.807) is 28.1 Å². The highest BCUT2D eigenvalue weighted by Gasteiger charge is 2.63. The molecule has 1 N–H and O–H groups in total. The Kier molecular flexibility index (Phi) is 18.4. The van der Waals surface area contributed by atoms with Gasteiger partial charge in [-0.1, -0.05) is 133 Å². The van der Waals surface area contributed by atoms with E-state index < -0.39 is 68.6 Å². The Morgan fingerprint density at radius 2 is 1.20 bits per heavy atom. The van der Waals surface area contributed by atoms with Crippen LogP contribution in [0.2, 0.25) is 0 Å². The minimum atomic E-state index is -4.12. The normalized spacial score (nSPS) is 31.5. The SMILES string of the molecule is COC1(C)O[C@@H]2C(CC(C)(C)C)O[C@H](OCCCNC(=O)OCc3ccccc3)C(O[C@H]3OC(COP(=O)(OCc4ccccc4)OCc4ccccc4)[C@@H](C)[C@H](C)C3C)[C@H]2OC1(C)OC. The van der Waals surface area contributed by atoms with Crippen molar-refractivity contribution in [1.29, 1.82) is 0 Å². The lowest BCUT2D eigenvalue weighted by Gasteiger charge is -2.58. The number of fused-ring (bicyclic) bond motifs is 1. The van der Waals surface area contributed by atoms with Crippen LogP contribution >= 0.6 is 7.82 Å². The largest absolute Gasteiger partial charge is 0.475 e. The number of benzene rings is 3. The molecule has 3 aliphatic heterocycles. The van der Waals surface area contributed by atoms with Gasteiger partial charge in [0.05, 0.1) is 38.6 Å². The van der Waals surface area contributed by atoms with Gasteiger partial charge in [0.25, 0.3) is 0 Å². The van der Waals surface area contributed by atoms with Crippen molar-refractivity contribution < 1.29 is 65.6 Å². The van der Waals surface area contributed by atoms with Crippen LogP contribution in [0, 0.1) is 23.2 Å². The molecule has 0 radical (unpaired) electrons. The summed E-state index contributed by atoms with van der Waals surface area (Å²) in [6.45, 7) is 16.8. The Hall–Kier alpha value is -3.28. The molecule has 6 unspecified atom stereocenters. The smallest absolute Gasteiger partial charge is 0.445 e. The van der Waals surface area contributed by atoms with Gasteiger partial charge in [0.1, 0.15) is 24.9 Å². The molecule has 0 aliphatic carbocycles. The highest BCUT2D eigenvalue weighted by Crippen LogP contribution is 2.52. The van der Waals surface area contributed by atoms with E-state index >= 15 is 0 Å². The summed E-state index contributed by atoms with van der Waals surface area (Å²) >= 11 is 0. The van der Waals surface area contributed by atoms with Crippen LogP contribution in [-0.2, 0) is 80.6 Å². The molecule has 12 atom stereocenters. The summed E-state index contributed by atoms with van der Waals surface area (Å²) < 4.78 is 90.8. The molecule has 0 bridgehead atoms. The average molecular weight is 942 g/mol. The molecular weight excluding hydrogens is 870 g/mol. The van der Waals surface area contributed by atoms with Crippen molar-refractivity contribution in [2.45, 2.75) is 143 Å². The van der Waals surface area contributed by atoms with Crippen molar-refractivity contribution in [3.05, 3.63) is 108 Å². The maximum atomic E-state index is 14.4. The summed E-state index contributed by atoms with van der Waals surface area (Å²) in [7, 11) is -1.03. The topological polar surface area (TPSA) is 157 Å². The van der Waals surface area contributed by atoms with Crippen LogP contribution in [0.15, 0.2) is 91.0 Å². The van der Waals surface area contributed by atoms with E-state index in [0.29, 0.717) is 19.4 Å². The van der Waals surface area contributed by atoms with Crippen molar-refractivity contribution in [1.82, 2.24) is 5.32 Å². The molecule has 6 rings (SSSR count). The molecule has 3 aliphatic rings. The first-order valence-corrected chi connectivity index (χ1v) is 24.5. The number of rotatable bonds is 21. The molecule has 3 aromatic rings. The van der Waals surface area contributed by atoms with E-state index in [1.807, 2.05) is 91.0 Å². The zero-order valence-corrected chi connectivity index (χ0v) is 41.1. The summed E-state index contributed by atoms with van der Waals surface area (Å²) in [5, 5.41) is 2.80. The van der Waals surface area contributed by atoms with E-state index in [9.17, 15) is 9.36 Å². The van der Waals surface area contributed by atoms with E-state index in [0.717, 1.165) is 16.7 Å². The fourth-order valence-electron chi connectivity index (χ4n) is 8.36. The number of ether oxygens (including phenoxy) is 9. The Morgan fingerprint density at radius 1 is 0.682 bits per heavy atom. The number of carbonyl (C=O) groups excluding carboxylic acids is 1. The standard InChI is InChI=1S/C50H72NO14P/c1-34-35(2)41(33-60-66(53,58-31-38-23-16-12-17-24-38)59-32-39-25-18-13-19-26-39)62-45(36(34)3)63-44-43-42(64-49(7,54-9)50(8,55-10)65-43)40(29-48(4,5)6)61-46(44)56-28-20-27-51-47(52)57-30-37-21-14-11-15-22-37/h11-19,21-26,34-36,40-46H,20,27-33H2,1-10H3,(H,51,52)/t34-,35-,36?,40?,41?,42+,43-,44?,45+,46-,49?,50?/m0/s1. The first kappa shape index (κ1) is 52.1. The fourth-order valence-corrected chi connectivity index (χ4v) is 9.52. The quantitative estimate of drug-likeness (QED) is 0.0795. The first-order chi connectivity index (χ1) is 31.5. The number of phosphoric ester groups is 1. The third kappa shape index (κ3) is 13.7. The van der Waals surface area contributed by atoms with E-state index in [-0.39, 0.29) is 56.2 Å². The van der Waals surface area contributed by atoms with E-state index in [4.69, 9.17) is 56.2 Å². The number of hydrogen-bond acceptors (Lipinski definition) is 14. The van der Waals surface area contributed by atoms with Gasteiger partial charge in [-0.15, -0.1) is 0 Å². The summed E-state index contributed by atoms with van der Waals surface area (Å²) in [6.07, 6.45) is -4.73. The lowest BCUT2D eigenvalue weighted by molar-refractivity contribution is -0.486. The van der Waals surface area contributed by atoms with Gasteiger partial charge in [-0.3, -0.25) is 13.6 Å². The zero-order valence-electron chi connectivity index (χ0n) is 40.3. The van der Waals surface area contributed by atoms with Gasteiger partial charge in [0, 0.05) is 26.7 Å². The molecule has 0 saturated carbocycles. The Balaban J connectivity index is 1.20. The van der Waals surface area contributed by atoms with Crippen molar-refractivity contribution in [2.24, 2.45) is 23.2 Å². The Morgan fingerprint density at radius 3 is 1.73 bits per heavy atom. The van der Waals surface area contributed by atoms with Gasteiger partial charge < -0.3 is 47.9 Å². The lowest BCUT2D eigenvalue weighted by Crippen LogP contribution is -2.73. The monoisotopic (exact) mass is 941 g/mol. The van der Waals surface area contributed by atoms with Crippen molar-refractivity contribution in [2.75, 3.05) is 34.0 Å². The zero-order chi connectivity index (χ0) is 47.5. The maximum absolute atomic E-state index is 14.4. The van der Waals surface area contributed by atoms with Crippen molar-refractivity contribution in [3.8, 4) is 0 Å². The highest BCUT2D eigenvalue weighted by atomic mass is 31.2. The second-order valence-corrected chi connectivity index (χ2v) is 20.6. The van der Waals surface area contributed by atoms with Crippen molar-refractivity contribution >= 4 is 13.9 Å². The average Bonchev–Trinajstić information content (AvgIpc) is 3.31. The number of phosphoric acid groups is 1. The minimum Gasteiger partial charge on any atom is -0.445 e. The third-order valence-corrected chi connectivity index (χ3v) is 14.3. The number of methoxy groups -OCH3 is 2. The summed E-state index contributed by atoms with van der Waals surface area (Å²) in [6, 6.07) is 28.4. The molecule has 1 amide bonds. The van der Waals surface area contributed by atoms with E-state index in [1.165, 1.54) is 0 Å². The molecule has 3 aromatic carbocycles. The summed E-state index contributed by atoms with van der Waals surface area (Å²) in [5.41, 5.74) is 2.35. The van der Waals surface area contributed by atoms with Gasteiger partial charge in [-0.25, -0.2) is 9.36 Å². The molecular formula is C50H72NO14P. The molecule has 3 heterocycles. The fraction of sp³-hybridized carbons (Fsp3) is 0.620. The second kappa shape index (κ2) is 23.3. The predicted octanol–water partition coefficient (Wildman–Crippen LogP) is 9.57. The summed E-state index contributed by atoms with van der Waals surface area (Å²) in [5.74, 6) is -2.82. The molecule has 3 saturated heterocycles. The first-order valence-electron chi connectivity index (χ1n) is 23.1. The van der Waals surface area contributed by atoms with Crippen LogP contribution in [-0.4, -0.2) is 94.7 Å². The molecule has 66 heavy (non-hydrogen) atoms. The number of carbonyl (C=O) groups is 1. The lowest BCUT2D eigenvalue weighted by atomic mass is 9.79.